The minimum atomic E-state index is 0.571. The number of rotatable bonds is 5. The van der Waals surface area contributed by atoms with Crippen LogP contribution in [0.5, 0.6) is 5.75 Å². The van der Waals surface area contributed by atoms with Gasteiger partial charge < -0.3 is 15.4 Å². The van der Waals surface area contributed by atoms with Crippen molar-refractivity contribution in [3.8, 4) is 5.75 Å². The molecule has 1 aliphatic rings. The zero-order valence-corrected chi connectivity index (χ0v) is 12.2. The highest BCUT2D eigenvalue weighted by Gasteiger charge is 2.18. The quantitative estimate of drug-likeness (QED) is 0.886. The van der Waals surface area contributed by atoms with Crippen molar-refractivity contribution < 1.29 is 4.74 Å². The summed E-state index contributed by atoms with van der Waals surface area (Å²) < 4.78 is 5.95. The highest BCUT2D eigenvalue weighted by Crippen LogP contribution is 2.21. The molecule has 106 valence electrons. The first-order valence-electron chi connectivity index (χ1n) is 7.33. The smallest absolute Gasteiger partial charge is 0.122 e. The number of benzene rings is 1. The second-order valence-corrected chi connectivity index (χ2v) is 5.57. The Morgan fingerprint density at radius 3 is 2.95 bits per heavy atom. The summed E-state index contributed by atoms with van der Waals surface area (Å²) in [5.41, 5.74) is 7.99. The Morgan fingerprint density at radius 1 is 1.37 bits per heavy atom. The van der Waals surface area contributed by atoms with Crippen LogP contribution in [0.15, 0.2) is 18.2 Å². The summed E-state index contributed by atoms with van der Waals surface area (Å²) in [7, 11) is 2.23. The van der Waals surface area contributed by atoms with Crippen LogP contribution in [0.1, 0.15) is 36.8 Å². The maximum Gasteiger partial charge on any atom is 0.122 e. The van der Waals surface area contributed by atoms with Crippen LogP contribution < -0.4 is 10.5 Å². The number of aryl methyl sites for hydroxylation is 1. The van der Waals surface area contributed by atoms with Crippen molar-refractivity contribution in [2.75, 3.05) is 20.2 Å². The first kappa shape index (κ1) is 14.4. The summed E-state index contributed by atoms with van der Waals surface area (Å²) in [4.78, 5) is 2.47. The van der Waals surface area contributed by atoms with E-state index in [9.17, 15) is 0 Å². The van der Waals surface area contributed by atoms with Crippen LogP contribution in [0, 0.1) is 6.92 Å². The predicted octanol–water partition coefficient (Wildman–Crippen LogP) is 2.71. The van der Waals surface area contributed by atoms with E-state index in [1.165, 1.54) is 31.4 Å². The molecule has 1 saturated heterocycles. The van der Waals surface area contributed by atoms with Gasteiger partial charge in [-0.05, 0) is 57.0 Å². The highest BCUT2D eigenvalue weighted by molar-refractivity contribution is 5.36. The lowest BCUT2D eigenvalue weighted by atomic mass is 10.0. The maximum absolute atomic E-state index is 5.95. The zero-order chi connectivity index (χ0) is 13.7. The topological polar surface area (TPSA) is 38.5 Å². The van der Waals surface area contributed by atoms with Crippen LogP contribution in [0.2, 0.25) is 0 Å². The van der Waals surface area contributed by atoms with Crippen molar-refractivity contribution >= 4 is 0 Å². The number of ether oxygens (including phenoxy) is 1. The molecule has 1 aromatic carbocycles. The molecule has 0 amide bonds. The van der Waals surface area contributed by atoms with E-state index in [2.05, 4.69) is 37.1 Å². The van der Waals surface area contributed by atoms with Crippen LogP contribution in [0.4, 0.5) is 0 Å². The molecular weight excluding hydrogens is 236 g/mol. The van der Waals surface area contributed by atoms with Crippen molar-refractivity contribution in [1.82, 2.24) is 4.90 Å². The Hall–Kier alpha value is -1.06. The third kappa shape index (κ3) is 3.95. The van der Waals surface area contributed by atoms with E-state index >= 15 is 0 Å². The third-order valence-electron chi connectivity index (χ3n) is 4.12. The fourth-order valence-electron chi connectivity index (χ4n) is 2.74. The highest BCUT2D eigenvalue weighted by atomic mass is 16.5. The van der Waals surface area contributed by atoms with E-state index in [0.717, 1.165) is 24.3 Å². The van der Waals surface area contributed by atoms with Crippen LogP contribution in [0.3, 0.4) is 0 Å². The van der Waals surface area contributed by atoms with Gasteiger partial charge >= 0.3 is 0 Å². The summed E-state index contributed by atoms with van der Waals surface area (Å²) in [5.74, 6) is 0.987. The minimum absolute atomic E-state index is 0.571. The Bertz CT molecular complexity index is 406. The molecule has 2 rings (SSSR count). The summed E-state index contributed by atoms with van der Waals surface area (Å²) >= 11 is 0. The molecule has 19 heavy (non-hydrogen) atoms. The lowest BCUT2D eigenvalue weighted by molar-refractivity contribution is 0.153. The number of hydrogen-bond acceptors (Lipinski definition) is 3. The first-order valence-corrected chi connectivity index (χ1v) is 7.33. The SMILES string of the molecule is Cc1ccc(CN)cc1OCCC1CCCCN1C. The van der Waals surface area contributed by atoms with Crippen molar-refractivity contribution in [1.29, 1.82) is 0 Å². The van der Waals surface area contributed by atoms with Crippen LogP contribution >= 0.6 is 0 Å². The number of nitrogens with two attached hydrogens (primary N) is 1. The number of nitrogens with zero attached hydrogens (tertiary/aromatic N) is 1. The van der Waals surface area contributed by atoms with Crippen LogP contribution in [-0.4, -0.2) is 31.1 Å². The summed E-state index contributed by atoms with van der Waals surface area (Å²) in [5, 5.41) is 0. The van der Waals surface area contributed by atoms with Crippen molar-refractivity contribution in [3.05, 3.63) is 29.3 Å². The molecule has 3 nitrogen and oxygen atoms in total. The average molecular weight is 262 g/mol. The molecule has 0 saturated carbocycles. The Balaban J connectivity index is 1.84. The van der Waals surface area contributed by atoms with E-state index in [1.807, 2.05) is 0 Å². The predicted molar refractivity (Wildman–Crippen MR) is 79.5 cm³/mol. The van der Waals surface area contributed by atoms with E-state index < -0.39 is 0 Å². The molecule has 2 N–H and O–H groups in total. The summed E-state index contributed by atoms with van der Waals surface area (Å²) in [6.45, 7) is 4.68. The van der Waals surface area contributed by atoms with Gasteiger partial charge in [-0.3, -0.25) is 0 Å². The van der Waals surface area contributed by atoms with E-state index in [0.29, 0.717) is 12.6 Å². The summed E-state index contributed by atoms with van der Waals surface area (Å²) in [6.07, 6.45) is 5.12. The largest absolute Gasteiger partial charge is 0.493 e. The van der Waals surface area contributed by atoms with Gasteiger partial charge in [0.05, 0.1) is 6.61 Å². The van der Waals surface area contributed by atoms with Gasteiger partial charge in [0.25, 0.3) is 0 Å². The van der Waals surface area contributed by atoms with Crippen molar-refractivity contribution in [2.24, 2.45) is 5.73 Å². The van der Waals surface area contributed by atoms with Gasteiger partial charge in [-0.15, -0.1) is 0 Å². The number of likely N-dealkylation sites (tertiary alicyclic amines) is 1. The van der Waals surface area contributed by atoms with Gasteiger partial charge in [-0.1, -0.05) is 18.6 Å². The van der Waals surface area contributed by atoms with Crippen molar-refractivity contribution in [3.63, 3.8) is 0 Å². The molecule has 0 aromatic heterocycles. The fraction of sp³-hybridized carbons (Fsp3) is 0.625. The van der Waals surface area contributed by atoms with Crippen LogP contribution in [0.25, 0.3) is 0 Å². The zero-order valence-electron chi connectivity index (χ0n) is 12.2. The molecule has 0 radical (unpaired) electrons. The van der Waals surface area contributed by atoms with Gasteiger partial charge in [0.1, 0.15) is 5.75 Å². The molecule has 1 fully saturated rings. The molecule has 1 heterocycles. The second kappa shape index (κ2) is 6.92. The molecule has 0 aliphatic carbocycles. The molecule has 3 heteroatoms. The molecule has 0 spiro atoms. The van der Waals surface area contributed by atoms with E-state index in [-0.39, 0.29) is 0 Å². The van der Waals surface area contributed by atoms with Gasteiger partial charge in [0, 0.05) is 12.6 Å². The molecule has 1 aliphatic heterocycles. The lowest BCUT2D eigenvalue weighted by Crippen LogP contribution is -2.37. The normalized spacial score (nSPS) is 20.5. The Labute approximate surface area is 116 Å². The molecular formula is C16H26N2O. The van der Waals surface area contributed by atoms with Gasteiger partial charge in [0.15, 0.2) is 0 Å². The Kier molecular flexibility index (Phi) is 5.23. The van der Waals surface area contributed by atoms with Crippen LogP contribution in [-0.2, 0) is 6.54 Å². The molecule has 1 aromatic rings. The standard InChI is InChI=1S/C16H26N2O/c1-13-6-7-14(12-17)11-16(13)19-10-8-15-5-3-4-9-18(15)2/h6-7,11,15H,3-5,8-10,12,17H2,1-2H3. The Morgan fingerprint density at radius 2 is 2.21 bits per heavy atom. The number of piperidine rings is 1. The molecule has 1 atom stereocenters. The van der Waals surface area contributed by atoms with Gasteiger partial charge in [0.2, 0.25) is 0 Å². The molecule has 0 bridgehead atoms. The monoisotopic (exact) mass is 262 g/mol. The van der Waals surface area contributed by atoms with E-state index in [1.54, 1.807) is 0 Å². The maximum atomic E-state index is 5.95. The van der Waals surface area contributed by atoms with Gasteiger partial charge in [-0.25, -0.2) is 0 Å². The second-order valence-electron chi connectivity index (χ2n) is 5.57. The summed E-state index contributed by atoms with van der Waals surface area (Å²) in [6, 6.07) is 6.91. The fourth-order valence-corrected chi connectivity index (χ4v) is 2.74. The van der Waals surface area contributed by atoms with E-state index in [4.69, 9.17) is 10.5 Å². The number of hydrogen-bond donors (Lipinski definition) is 1. The molecule has 1 unspecified atom stereocenters. The third-order valence-corrected chi connectivity index (χ3v) is 4.12. The van der Waals surface area contributed by atoms with Gasteiger partial charge in [-0.2, -0.15) is 0 Å². The average Bonchev–Trinajstić information content (AvgIpc) is 2.43. The first-order chi connectivity index (χ1) is 9.20. The minimum Gasteiger partial charge on any atom is -0.493 e. The van der Waals surface area contributed by atoms with Crippen molar-refractivity contribution in [2.45, 2.75) is 45.2 Å². The lowest BCUT2D eigenvalue weighted by Gasteiger charge is -2.32.